The number of hydrogen-bond donors (Lipinski definition) is 0. The van der Waals surface area contributed by atoms with Crippen LogP contribution in [-0.4, -0.2) is 47.1 Å². The molecule has 0 atom stereocenters. The molecule has 0 aromatic rings. The molecule has 3 heteroatoms. The molecule has 0 spiro atoms. The van der Waals surface area contributed by atoms with Gasteiger partial charge in [0.25, 0.3) is 0 Å². The standard InChI is InChI=1S/C11H28NOSi/c1-7-14(8-2,9-3)13-11-10-12(4,5)6/h7-11H2,1-6H3/q+1. The van der Waals surface area contributed by atoms with E-state index in [0.29, 0.717) is 0 Å². The van der Waals surface area contributed by atoms with Gasteiger partial charge in [-0.1, -0.05) is 20.8 Å². The third-order valence-electron chi connectivity index (χ3n) is 3.10. The Bertz CT molecular complexity index is 142. The van der Waals surface area contributed by atoms with E-state index < -0.39 is 8.32 Å². The van der Waals surface area contributed by atoms with Crippen LogP contribution in [0.3, 0.4) is 0 Å². The van der Waals surface area contributed by atoms with Gasteiger partial charge in [-0.2, -0.15) is 0 Å². The van der Waals surface area contributed by atoms with Crippen LogP contribution in [0, 0.1) is 0 Å². The van der Waals surface area contributed by atoms with Gasteiger partial charge in [-0.3, -0.25) is 0 Å². The molecule has 0 fully saturated rings. The minimum absolute atomic E-state index is 0.936. The first-order valence-electron chi connectivity index (χ1n) is 5.83. The first-order chi connectivity index (χ1) is 6.39. The fraction of sp³-hybridized carbons (Fsp3) is 1.00. The van der Waals surface area contributed by atoms with E-state index in [9.17, 15) is 0 Å². The lowest BCUT2D eigenvalue weighted by Crippen LogP contribution is -2.42. The molecule has 86 valence electrons. The van der Waals surface area contributed by atoms with E-state index in [0.717, 1.165) is 17.6 Å². The van der Waals surface area contributed by atoms with Crippen LogP contribution < -0.4 is 0 Å². The molecule has 0 aliphatic heterocycles. The highest BCUT2D eigenvalue weighted by Gasteiger charge is 2.28. The maximum atomic E-state index is 6.18. The second-order valence-corrected chi connectivity index (χ2v) is 9.88. The van der Waals surface area contributed by atoms with Crippen molar-refractivity contribution in [3.8, 4) is 0 Å². The smallest absolute Gasteiger partial charge is 0.192 e. The summed E-state index contributed by atoms with van der Waals surface area (Å²) in [5.74, 6) is 0. The van der Waals surface area contributed by atoms with Crippen molar-refractivity contribution in [3.05, 3.63) is 0 Å². The number of hydrogen-bond acceptors (Lipinski definition) is 1. The predicted molar refractivity (Wildman–Crippen MR) is 66.0 cm³/mol. The van der Waals surface area contributed by atoms with Gasteiger partial charge in [0.15, 0.2) is 8.32 Å². The van der Waals surface area contributed by atoms with Crippen LogP contribution in [0.5, 0.6) is 0 Å². The van der Waals surface area contributed by atoms with Crippen LogP contribution in [0.25, 0.3) is 0 Å². The van der Waals surface area contributed by atoms with Crippen LogP contribution in [0.1, 0.15) is 20.8 Å². The van der Waals surface area contributed by atoms with Crippen molar-refractivity contribution in [2.75, 3.05) is 34.3 Å². The number of quaternary nitrogens is 1. The molecule has 2 nitrogen and oxygen atoms in total. The number of nitrogens with zero attached hydrogens (tertiary/aromatic N) is 1. The molecule has 14 heavy (non-hydrogen) atoms. The molecule has 0 saturated carbocycles. The molecule has 0 bridgehead atoms. The molecule has 0 heterocycles. The van der Waals surface area contributed by atoms with Gasteiger partial charge < -0.3 is 8.91 Å². The zero-order valence-electron chi connectivity index (χ0n) is 10.9. The molecule has 0 N–H and O–H groups in total. The fourth-order valence-corrected chi connectivity index (χ4v) is 4.23. The molecule has 0 unspecified atom stereocenters. The van der Waals surface area contributed by atoms with Crippen molar-refractivity contribution in [1.82, 2.24) is 0 Å². The van der Waals surface area contributed by atoms with Crippen LogP contribution in [-0.2, 0) is 4.43 Å². The Hall–Kier alpha value is 0.137. The van der Waals surface area contributed by atoms with Gasteiger partial charge in [0.2, 0.25) is 0 Å². The van der Waals surface area contributed by atoms with Gasteiger partial charge in [-0.05, 0) is 18.1 Å². The Balaban J connectivity index is 3.95. The Labute approximate surface area is 91.0 Å². The molecular formula is C11H28NOSi+. The van der Waals surface area contributed by atoms with Gasteiger partial charge in [-0.15, -0.1) is 0 Å². The molecule has 0 radical (unpaired) electrons. The molecule has 0 saturated heterocycles. The first kappa shape index (κ1) is 14.1. The Morgan fingerprint density at radius 1 is 0.929 bits per heavy atom. The lowest BCUT2D eigenvalue weighted by Gasteiger charge is -2.30. The average molecular weight is 218 g/mol. The van der Waals surface area contributed by atoms with Gasteiger partial charge in [-0.25, -0.2) is 0 Å². The van der Waals surface area contributed by atoms with Crippen LogP contribution in [0.2, 0.25) is 18.1 Å². The lowest BCUT2D eigenvalue weighted by atomic mass is 10.5. The maximum absolute atomic E-state index is 6.18. The van der Waals surface area contributed by atoms with Crippen LogP contribution >= 0.6 is 0 Å². The summed E-state index contributed by atoms with van der Waals surface area (Å²) in [6.45, 7) is 8.90. The molecule has 0 aliphatic rings. The van der Waals surface area contributed by atoms with E-state index in [1.54, 1.807) is 0 Å². The number of rotatable bonds is 7. The van der Waals surface area contributed by atoms with Crippen LogP contribution in [0.4, 0.5) is 0 Å². The van der Waals surface area contributed by atoms with E-state index in [4.69, 9.17) is 4.43 Å². The predicted octanol–water partition coefficient (Wildman–Crippen LogP) is 2.71. The molecular weight excluding hydrogens is 190 g/mol. The summed E-state index contributed by atoms with van der Waals surface area (Å²) in [6.07, 6.45) is 0. The molecule has 0 rings (SSSR count). The monoisotopic (exact) mass is 218 g/mol. The largest absolute Gasteiger partial charge is 0.411 e. The quantitative estimate of drug-likeness (QED) is 0.472. The van der Waals surface area contributed by atoms with E-state index >= 15 is 0 Å². The van der Waals surface area contributed by atoms with Crippen molar-refractivity contribution in [2.24, 2.45) is 0 Å². The lowest BCUT2D eigenvalue weighted by molar-refractivity contribution is -0.870. The van der Waals surface area contributed by atoms with Crippen molar-refractivity contribution in [1.29, 1.82) is 0 Å². The fourth-order valence-electron chi connectivity index (χ4n) is 1.59. The Morgan fingerprint density at radius 2 is 1.36 bits per heavy atom. The van der Waals surface area contributed by atoms with Crippen molar-refractivity contribution < 1.29 is 8.91 Å². The summed E-state index contributed by atoms with van der Waals surface area (Å²) >= 11 is 0. The zero-order valence-corrected chi connectivity index (χ0v) is 11.9. The SMILES string of the molecule is CC[Si](CC)(CC)OCC[N+](C)(C)C. The summed E-state index contributed by atoms with van der Waals surface area (Å²) < 4.78 is 7.18. The van der Waals surface area contributed by atoms with Crippen LogP contribution in [0.15, 0.2) is 0 Å². The summed E-state index contributed by atoms with van der Waals surface area (Å²) in [4.78, 5) is 0. The Kier molecular flexibility index (Phi) is 5.94. The molecule has 0 amide bonds. The third kappa shape index (κ3) is 5.13. The minimum Gasteiger partial charge on any atom is -0.411 e. The maximum Gasteiger partial charge on any atom is 0.192 e. The number of likely N-dealkylation sites (N-methyl/N-ethyl adjacent to an activating group) is 1. The zero-order chi connectivity index (χ0) is 11.2. The summed E-state index contributed by atoms with van der Waals surface area (Å²) in [5.41, 5.74) is 0. The van der Waals surface area contributed by atoms with Crippen molar-refractivity contribution >= 4 is 8.32 Å². The van der Waals surface area contributed by atoms with Gasteiger partial charge in [0.1, 0.15) is 6.54 Å². The van der Waals surface area contributed by atoms with Gasteiger partial charge >= 0.3 is 0 Å². The summed E-state index contributed by atoms with van der Waals surface area (Å²) in [7, 11) is 5.33. The second-order valence-electron chi connectivity index (χ2n) is 5.11. The highest BCUT2D eigenvalue weighted by Crippen LogP contribution is 2.21. The van der Waals surface area contributed by atoms with E-state index in [2.05, 4.69) is 41.9 Å². The van der Waals surface area contributed by atoms with Gasteiger partial charge in [0, 0.05) is 0 Å². The minimum atomic E-state index is -1.33. The van der Waals surface area contributed by atoms with E-state index in [-0.39, 0.29) is 0 Å². The first-order valence-corrected chi connectivity index (χ1v) is 8.36. The average Bonchev–Trinajstić information content (AvgIpc) is 2.11. The summed E-state index contributed by atoms with van der Waals surface area (Å²) in [6, 6.07) is 3.78. The van der Waals surface area contributed by atoms with E-state index in [1.165, 1.54) is 18.1 Å². The molecule has 0 aliphatic carbocycles. The third-order valence-corrected chi connectivity index (χ3v) is 7.79. The van der Waals surface area contributed by atoms with Crippen molar-refractivity contribution in [2.45, 2.75) is 38.9 Å². The van der Waals surface area contributed by atoms with E-state index in [1.807, 2.05) is 0 Å². The second kappa shape index (κ2) is 5.88. The topological polar surface area (TPSA) is 9.23 Å². The highest BCUT2D eigenvalue weighted by molar-refractivity contribution is 6.73. The summed E-state index contributed by atoms with van der Waals surface area (Å²) in [5, 5.41) is 0. The Morgan fingerprint density at radius 3 is 1.64 bits per heavy atom. The van der Waals surface area contributed by atoms with Gasteiger partial charge in [0.05, 0.1) is 27.7 Å². The molecule has 0 aromatic heterocycles. The molecule has 0 aromatic carbocycles. The highest BCUT2D eigenvalue weighted by atomic mass is 28.4. The normalized spacial score (nSPS) is 13.3. The van der Waals surface area contributed by atoms with Crippen molar-refractivity contribution in [3.63, 3.8) is 0 Å².